The first-order valence-electron chi connectivity index (χ1n) is 5.51. The Morgan fingerprint density at radius 2 is 1.89 bits per heavy atom. The van der Waals surface area contributed by atoms with E-state index < -0.39 is 5.91 Å². The number of aryl methyl sites for hydroxylation is 1. The van der Waals surface area contributed by atoms with Gasteiger partial charge in [0.2, 0.25) is 0 Å². The van der Waals surface area contributed by atoms with E-state index in [1.54, 1.807) is 18.2 Å². The normalized spacial score (nSPS) is 10.3. The monoisotopic (exact) mass is 383 g/mol. The van der Waals surface area contributed by atoms with Crippen molar-refractivity contribution in [3.8, 4) is 11.5 Å². The van der Waals surface area contributed by atoms with Crippen LogP contribution in [0.3, 0.4) is 0 Å². The van der Waals surface area contributed by atoms with Crippen LogP contribution in [0.4, 0.5) is 0 Å². The third kappa shape index (κ3) is 3.36. The molecule has 0 saturated heterocycles. The van der Waals surface area contributed by atoms with E-state index in [0.717, 1.165) is 14.5 Å². The molecule has 98 valence electrons. The number of nitrogens with two attached hydrogens (primary N) is 1. The lowest BCUT2D eigenvalue weighted by Crippen LogP contribution is -2.12. The van der Waals surface area contributed by atoms with Crippen LogP contribution >= 0.6 is 31.9 Å². The molecule has 19 heavy (non-hydrogen) atoms. The van der Waals surface area contributed by atoms with Crippen molar-refractivity contribution in [3.63, 3.8) is 0 Å². The third-order valence-electron chi connectivity index (χ3n) is 2.56. The number of hydrogen-bond donors (Lipinski definition) is 1. The highest BCUT2D eigenvalue weighted by Crippen LogP contribution is 2.30. The summed E-state index contributed by atoms with van der Waals surface area (Å²) >= 11 is 6.73. The van der Waals surface area contributed by atoms with Crippen LogP contribution in [0.5, 0.6) is 11.5 Å². The molecule has 0 heterocycles. The number of rotatable bonds is 3. The summed E-state index contributed by atoms with van der Waals surface area (Å²) in [4.78, 5) is 11.4. The Morgan fingerprint density at radius 1 is 1.16 bits per heavy atom. The van der Waals surface area contributed by atoms with Gasteiger partial charge in [-0.3, -0.25) is 4.79 Å². The quantitative estimate of drug-likeness (QED) is 0.851. The van der Waals surface area contributed by atoms with E-state index >= 15 is 0 Å². The van der Waals surface area contributed by atoms with Crippen molar-refractivity contribution in [2.45, 2.75) is 6.92 Å². The molecule has 0 atom stereocenters. The predicted octanol–water partition coefficient (Wildman–Crippen LogP) is 4.41. The van der Waals surface area contributed by atoms with Gasteiger partial charge >= 0.3 is 0 Å². The molecular formula is C14H11Br2NO2. The maximum absolute atomic E-state index is 11.4. The van der Waals surface area contributed by atoms with Crippen molar-refractivity contribution in [2.75, 3.05) is 0 Å². The lowest BCUT2D eigenvalue weighted by Gasteiger charge is -2.10. The molecule has 0 unspecified atom stereocenters. The Balaban J connectivity index is 2.37. The Hall–Kier alpha value is -1.33. The van der Waals surface area contributed by atoms with Crippen molar-refractivity contribution in [1.82, 2.24) is 0 Å². The standard InChI is InChI=1S/C14H11Br2NO2/c1-8-6-10(3-4-12(8)16)19-13-5-2-9(15)7-11(13)14(17)18/h2-7H,1H3,(H2,17,18). The number of ether oxygens (including phenoxy) is 1. The molecule has 0 fully saturated rings. The number of carbonyl (C=O) groups excluding carboxylic acids is 1. The van der Waals surface area contributed by atoms with Crippen molar-refractivity contribution in [2.24, 2.45) is 5.73 Å². The number of hydrogen-bond acceptors (Lipinski definition) is 2. The summed E-state index contributed by atoms with van der Waals surface area (Å²) in [7, 11) is 0. The van der Waals surface area contributed by atoms with E-state index in [2.05, 4.69) is 31.9 Å². The average Bonchev–Trinajstić information content (AvgIpc) is 2.36. The molecule has 0 bridgehead atoms. The lowest BCUT2D eigenvalue weighted by atomic mass is 10.2. The molecule has 0 spiro atoms. The highest BCUT2D eigenvalue weighted by atomic mass is 79.9. The molecule has 2 rings (SSSR count). The second-order valence-corrected chi connectivity index (χ2v) is 5.79. The van der Waals surface area contributed by atoms with E-state index in [1.807, 2.05) is 25.1 Å². The van der Waals surface area contributed by atoms with Crippen LogP contribution in [0.2, 0.25) is 0 Å². The van der Waals surface area contributed by atoms with Gasteiger partial charge in [-0.15, -0.1) is 0 Å². The molecule has 2 aromatic carbocycles. The van der Waals surface area contributed by atoms with Gasteiger partial charge in [0.1, 0.15) is 11.5 Å². The van der Waals surface area contributed by atoms with Gasteiger partial charge in [-0.05, 0) is 48.9 Å². The number of halogens is 2. The van der Waals surface area contributed by atoms with Gasteiger partial charge in [0.15, 0.2) is 0 Å². The Bertz CT molecular complexity index is 641. The van der Waals surface area contributed by atoms with Crippen molar-refractivity contribution < 1.29 is 9.53 Å². The van der Waals surface area contributed by atoms with Crippen molar-refractivity contribution in [3.05, 3.63) is 56.5 Å². The molecule has 0 aromatic heterocycles. The van der Waals surface area contributed by atoms with Crippen LogP contribution in [-0.2, 0) is 0 Å². The molecule has 5 heteroatoms. The minimum absolute atomic E-state index is 0.343. The van der Waals surface area contributed by atoms with E-state index in [-0.39, 0.29) is 0 Å². The van der Waals surface area contributed by atoms with Gasteiger partial charge in [0.25, 0.3) is 5.91 Å². The first-order chi connectivity index (χ1) is 8.97. The minimum Gasteiger partial charge on any atom is -0.457 e. The van der Waals surface area contributed by atoms with Crippen molar-refractivity contribution in [1.29, 1.82) is 0 Å². The molecule has 0 aliphatic heterocycles. The predicted molar refractivity (Wildman–Crippen MR) is 81.6 cm³/mol. The molecule has 3 nitrogen and oxygen atoms in total. The summed E-state index contributed by atoms with van der Waals surface area (Å²) in [5.74, 6) is 0.577. The van der Waals surface area contributed by atoms with Crippen LogP contribution in [0.15, 0.2) is 45.3 Å². The fraction of sp³-hybridized carbons (Fsp3) is 0.0714. The fourth-order valence-corrected chi connectivity index (χ4v) is 2.20. The summed E-state index contributed by atoms with van der Waals surface area (Å²) in [5, 5.41) is 0. The summed E-state index contributed by atoms with van der Waals surface area (Å²) in [6.07, 6.45) is 0. The zero-order valence-corrected chi connectivity index (χ0v) is 13.3. The molecule has 0 saturated carbocycles. The van der Waals surface area contributed by atoms with Crippen LogP contribution in [0, 0.1) is 6.92 Å². The molecule has 0 aliphatic carbocycles. The van der Waals surface area contributed by atoms with Gasteiger partial charge < -0.3 is 10.5 Å². The number of carbonyl (C=O) groups is 1. The highest BCUT2D eigenvalue weighted by Gasteiger charge is 2.11. The SMILES string of the molecule is Cc1cc(Oc2ccc(Br)cc2C(N)=O)ccc1Br. The third-order valence-corrected chi connectivity index (χ3v) is 3.95. The van der Waals surface area contributed by atoms with E-state index in [0.29, 0.717) is 17.1 Å². The van der Waals surface area contributed by atoms with E-state index in [1.165, 1.54) is 0 Å². The van der Waals surface area contributed by atoms with E-state index in [4.69, 9.17) is 10.5 Å². The summed E-state index contributed by atoms with van der Waals surface area (Å²) in [6, 6.07) is 10.8. The summed E-state index contributed by atoms with van der Waals surface area (Å²) < 4.78 is 7.50. The van der Waals surface area contributed by atoms with Crippen molar-refractivity contribution >= 4 is 37.8 Å². The number of primary amides is 1. The maximum atomic E-state index is 11.4. The molecule has 2 N–H and O–H groups in total. The van der Waals surface area contributed by atoms with Gasteiger partial charge in [0, 0.05) is 8.95 Å². The maximum Gasteiger partial charge on any atom is 0.252 e. The first kappa shape index (κ1) is 14.1. The van der Waals surface area contributed by atoms with Crippen LogP contribution < -0.4 is 10.5 Å². The van der Waals surface area contributed by atoms with Gasteiger partial charge in [-0.1, -0.05) is 31.9 Å². The molecule has 0 radical (unpaired) electrons. The molecule has 1 amide bonds. The summed E-state index contributed by atoms with van der Waals surface area (Å²) in [5.41, 5.74) is 6.74. The van der Waals surface area contributed by atoms with Crippen LogP contribution in [0.25, 0.3) is 0 Å². The molecule has 0 aliphatic rings. The number of benzene rings is 2. The fourth-order valence-electron chi connectivity index (χ4n) is 1.59. The highest BCUT2D eigenvalue weighted by molar-refractivity contribution is 9.10. The first-order valence-corrected chi connectivity index (χ1v) is 7.09. The second-order valence-electron chi connectivity index (χ2n) is 4.02. The Morgan fingerprint density at radius 3 is 2.53 bits per heavy atom. The Kier molecular flexibility index (Phi) is 4.27. The second kappa shape index (κ2) is 5.75. The van der Waals surface area contributed by atoms with Gasteiger partial charge in [-0.25, -0.2) is 0 Å². The zero-order valence-electron chi connectivity index (χ0n) is 10.1. The van der Waals surface area contributed by atoms with Crippen LogP contribution in [-0.4, -0.2) is 5.91 Å². The molecular weight excluding hydrogens is 374 g/mol. The zero-order chi connectivity index (χ0) is 14.0. The molecule has 2 aromatic rings. The topological polar surface area (TPSA) is 52.3 Å². The van der Waals surface area contributed by atoms with Gasteiger partial charge in [-0.2, -0.15) is 0 Å². The smallest absolute Gasteiger partial charge is 0.252 e. The lowest BCUT2D eigenvalue weighted by molar-refractivity contribution is 0.0998. The Labute approximate surface area is 128 Å². The average molecular weight is 385 g/mol. The number of amides is 1. The van der Waals surface area contributed by atoms with E-state index in [9.17, 15) is 4.79 Å². The van der Waals surface area contributed by atoms with Gasteiger partial charge in [0.05, 0.1) is 5.56 Å². The van der Waals surface area contributed by atoms with Crippen LogP contribution in [0.1, 0.15) is 15.9 Å². The summed E-state index contributed by atoms with van der Waals surface area (Å²) in [6.45, 7) is 1.97. The minimum atomic E-state index is -0.523. The largest absolute Gasteiger partial charge is 0.457 e.